The molecule has 0 aromatic carbocycles. The summed E-state index contributed by atoms with van der Waals surface area (Å²) in [6, 6.07) is 0. The highest BCUT2D eigenvalue weighted by atomic mass is 32.3. The second kappa shape index (κ2) is 24.6. The van der Waals surface area contributed by atoms with Crippen molar-refractivity contribution in [1.29, 1.82) is 0 Å². The van der Waals surface area contributed by atoms with Crippen LogP contribution >= 0.6 is 0 Å². The Labute approximate surface area is 494 Å². The maximum Gasteiger partial charge on any atom is 0.397 e. The molecule has 0 amide bonds. The van der Waals surface area contributed by atoms with Gasteiger partial charge in [0, 0.05) is 19.4 Å². The molecule has 9 N–H and O–H groups in total. The molecule has 30 heteroatoms. The molecular weight excluding hydrogens is 1170 g/mol. The Morgan fingerprint density at radius 2 is 1.38 bits per heavy atom. The number of carbonyl (C=O) groups is 2. The van der Waals surface area contributed by atoms with Crippen LogP contribution in [0, 0.1) is 39.4 Å². The number of hydrogen-bond acceptors (Lipinski definition) is 26. The molecule has 0 radical (unpaired) electrons. The molecule has 0 aromatic rings. The van der Waals surface area contributed by atoms with Gasteiger partial charge >= 0.3 is 32.7 Å². The summed E-state index contributed by atoms with van der Waals surface area (Å²) in [6.45, 7) is 15.1. The van der Waals surface area contributed by atoms with Crippen molar-refractivity contribution in [3.8, 4) is 0 Å². The first-order chi connectivity index (χ1) is 39.5. The summed E-state index contributed by atoms with van der Waals surface area (Å²) >= 11 is 0. The molecule has 0 unspecified atom stereocenters. The Morgan fingerprint density at radius 3 is 2.01 bits per heavy atom. The van der Waals surface area contributed by atoms with Gasteiger partial charge in [-0.2, -0.15) is 16.8 Å². The molecule has 5 aliphatic heterocycles. The van der Waals surface area contributed by atoms with E-state index in [2.05, 4.69) is 26.0 Å². The zero-order chi connectivity index (χ0) is 62.5. The molecule has 5 heterocycles. The lowest BCUT2D eigenvalue weighted by atomic mass is 9.41. The number of cyclic esters (lactones) is 1. The van der Waals surface area contributed by atoms with Crippen molar-refractivity contribution in [2.24, 2.45) is 39.4 Å². The van der Waals surface area contributed by atoms with Crippen molar-refractivity contribution in [2.45, 2.75) is 242 Å². The second-order valence-corrected chi connectivity index (χ2v) is 28.2. The van der Waals surface area contributed by atoms with Crippen LogP contribution in [0.25, 0.3) is 0 Å². The fraction of sp³-hybridized carbons (Fsp3) is 0.891. The van der Waals surface area contributed by atoms with Gasteiger partial charge in [0.05, 0.1) is 43.4 Å². The highest BCUT2D eigenvalue weighted by molar-refractivity contribution is 7.81. The maximum absolute atomic E-state index is 14.7. The van der Waals surface area contributed by atoms with E-state index in [1.165, 1.54) is 21.0 Å². The van der Waals surface area contributed by atoms with Crippen LogP contribution in [0.1, 0.15) is 114 Å². The Morgan fingerprint density at radius 1 is 0.729 bits per heavy atom. The minimum absolute atomic E-state index is 0.0178. The molecule has 27 atom stereocenters. The lowest BCUT2D eigenvalue weighted by Gasteiger charge is -2.64. The van der Waals surface area contributed by atoms with Crippen molar-refractivity contribution in [3.05, 3.63) is 23.3 Å². The van der Waals surface area contributed by atoms with Crippen molar-refractivity contribution < 1.29 is 132 Å². The molecular formula is C55H86O28S2. The minimum atomic E-state index is -5.54. The first-order valence-electron chi connectivity index (χ1n) is 29.0. The van der Waals surface area contributed by atoms with Crippen LogP contribution < -0.4 is 0 Å². The van der Waals surface area contributed by atoms with Gasteiger partial charge in [-0.3, -0.25) is 18.7 Å². The summed E-state index contributed by atoms with van der Waals surface area (Å²) in [7, 11) is -9.63. The maximum atomic E-state index is 14.7. The average molecular weight is 1260 g/mol. The predicted molar refractivity (Wildman–Crippen MR) is 286 cm³/mol. The number of aliphatic hydroxyl groups is 7. The first-order valence-corrected chi connectivity index (χ1v) is 31.7. The molecule has 0 bridgehead atoms. The van der Waals surface area contributed by atoms with Crippen LogP contribution in [0.15, 0.2) is 23.3 Å². The molecule has 0 aromatic heterocycles. The summed E-state index contributed by atoms with van der Waals surface area (Å²) in [4.78, 5) is 27.5. The number of aliphatic hydroxyl groups excluding tert-OH is 7. The largest absolute Gasteiger partial charge is 0.462 e. The van der Waals surface area contributed by atoms with Crippen LogP contribution in [0.2, 0.25) is 0 Å². The zero-order valence-electron chi connectivity index (χ0n) is 49.3. The summed E-state index contributed by atoms with van der Waals surface area (Å²) in [5, 5.41) is 77.4. The van der Waals surface area contributed by atoms with E-state index in [9.17, 15) is 71.3 Å². The number of esters is 2. The molecule has 486 valence electrons. The Bertz CT molecular complexity index is 2730. The van der Waals surface area contributed by atoms with E-state index in [-0.39, 0.29) is 29.1 Å². The third kappa shape index (κ3) is 12.3. The number of carbonyl (C=O) groups excluding carboxylic acids is 2. The highest BCUT2D eigenvalue weighted by Crippen LogP contribution is 2.77. The monoisotopic (exact) mass is 1260 g/mol. The third-order valence-corrected chi connectivity index (χ3v) is 21.3. The van der Waals surface area contributed by atoms with E-state index in [0.29, 0.717) is 51.4 Å². The molecule has 3 saturated carbocycles. The smallest absolute Gasteiger partial charge is 0.397 e. The number of hydrogen-bond donors (Lipinski definition) is 9. The van der Waals surface area contributed by atoms with E-state index < -0.39 is 191 Å². The molecule has 85 heavy (non-hydrogen) atoms. The number of ether oxygens (including phenoxy) is 11. The first kappa shape index (κ1) is 66.9. The zero-order valence-corrected chi connectivity index (χ0v) is 50.9. The average Bonchev–Trinajstić information content (AvgIpc) is 1.54. The van der Waals surface area contributed by atoms with Crippen molar-refractivity contribution in [2.75, 3.05) is 26.9 Å². The van der Waals surface area contributed by atoms with Gasteiger partial charge in [0.15, 0.2) is 31.3 Å². The van der Waals surface area contributed by atoms with E-state index in [4.69, 9.17) is 60.5 Å². The summed E-state index contributed by atoms with van der Waals surface area (Å²) < 4.78 is 144. The van der Waals surface area contributed by atoms with Crippen molar-refractivity contribution in [3.63, 3.8) is 0 Å². The Hall–Kier alpha value is -2.48. The van der Waals surface area contributed by atoms with Gasteiger partial charge in [-0.1, -0.05) is 51.0 Å². The normalized spacial score (nSPS) is 48.0. The van der Waals surface area contributed by atoms with Gasteiger partial charge in [-0.25, -0.2) is 8.37 Å². The summed E-state index contributed by atoms with van der Waals surface area (Å²) in [5.74, 6) is -1.21. The summed E-state index contributed by atoms with van der Waals surface area (Å²) in [6.07, 6.45) is -24.6. The van der Waals surface area contributed by atoms with Gasteiger partial charge in [-0.05, 0) is 102 Å². The number of allylic oxidation sites excluding steroid dienone is 4. The van der Waals surface area contributed by atoms with E-state index >= 15 is 0 Å². The van der Waals surface area contributed by atoms with Crippen LogP contribution in [-0.2, 0) is 90.9 Å². The molecule has 8 fully saturated rings. The van der Waals surface area contributed by atoms with Gasteiger partial charge in [0.2, 0.25) is 0 Å². The van der Waals surface area contributed by atoms with Crippen LogP contribution in [0.4, 0.5) is 0 Å². The van der Waals surface area contributed by atoms with E-state index in [1.807, 2.05) is 34.6 Å². The highest BCUT2D eigenvalue weighted by Gasteiger charge is 2.79. The van der Waals surface area contributed by atoms with Crippen molar-refractivity contribution in [1.82, 2.24) is 0 Å². The van der Waals surface area contributed by atoms with Gasteiger partial charge in [-0.15, -0.1) is 0 Å². The molecule has 9 aliphatic rings. The van der Waals surface area contributed by atoms with Gasteiger partial charge in [0.1, 0.15) is 85.0 Å². The Balaban J connectivity index is 0.947. The van der Waals surface area contributed by atoms with E-state index in [0.717, 1.165) is 11.1 Å². The van der Waals surface area contributed by atoms with Crippen LogP contribution in [-0.4, -0.2) is 229 Å². The molecule has 9 rings (SSSR count). The lowest BCUT2D eigenvalue weighted by molar-refractivity contribution is -0.380. The minimum Gasteiger partial charge on any atom is -0.462 e. The molecule has 5 saturated heterocycles. The predicted octanol–water partition coefficient (Wildman–Crippen LogP) is 0.447. The topological polar surface area (TPSA) is 404 Å². The fourth-order valence-corrected chi connectivity index (χ4v) is 17.5. The van der Waals surface area contributed by atoms with Gasteiger partial charge in [0.25, 0.3) is 0 Å². The number of rotatable bonds is 18. The second-order valence-electron chi connectivity index (χ2n) is 26.1. The fourth-order valence-electron chi connectivity index (χ4n) is 16.5. The summed E-state index contributed by atoms with van der Waals surface area (Å²) in [5.41, 5.74) is -1.39. The molecule has 1 spiro atoms. The molecule has 4 aliphatic carbocycles. The van der Waals surface area contributed by atoms with Gasteiger partial charge < -0.3 is 87.9 Å². The quantitative estimate of drug-likeness (QED) is 0.0511. The Kier molecular flexibility index (Phi) is 19.4. The number of fused-ring (bicyclic) bond motifs is 4. The van der Waals surface area contributed by atoms with Crippen LogP contribution in [0.5, 0.6) is 0 Å². The molecule has 28 nitrogen and oxygen atoms in total. The standard InChI is InChI=1S/C55H86O28S2/c1-24(2)12-11-17-54(9)45-30(75-26(4)57)20-53(8)28-13-14-33-51(5,6)34(16-18-52(33,7)27(28)15-19-55(45,53)50(64)81-54)77-48-43(36(60)32(23-73-48)82-84(65,66)67)80-49-44(83-85(68,69)70)37(61)40(25(3)74-49)78-46-38(62)41(29(58)22-72-46)79-47-39(63)42(71-10)35(59)31(21-56)76-47/h12-13,25,27,29-49,56,58-63H,11,14-23H2,1-10H3,(H,65,66,67)(H,68,69,70)/t25-,27-,29-,30+,31-,32-,33+,34+,35-,36+,37+,38-,39-,40-,41+,42+,43-,44-,45-,46+,47+,48+,49+,52-,53+,54+,55-/m1/s1. The van der Waals surface area contributed by atoms with Crippen molar-refractivity contribution >= 4 is 32.7 Å². The number of methoxy groups -OCH3 is 1. The van der Waals surface area contributed by atoms with Crippen LogP contribution in [0.3, 0.4) is 0 Å². The van der Waals surface area contributed by atoms with E-state index in [1.54, 1.807) is 0 Å². The lowest BCUT2D eigenvalue weighted by Crippen LogP contribution is -2.66. The SMILES string of the molecule is CO[C@@H]1[C@@H](O)[C@H](O[C@@H]2[C@@H](O)[C@H](O[C@H]3[C@H](O)[C@@H](OS(=O)(=O)O)[C@H](O[C@H]4[C@H](O[C@H]5CC[C@]6(C)[C@@H]7CC[C@]89C(=O)O[C@@](C)(CCC=C(C)C)[C@H]8[C@@H](OC(C)=O)C[C@@]9(C)C7=CC[C@H]6C5(C)C)OC[C@@H](OS(=O)(=O)O)[C@@H]4O)O[C@@H]3C)OC[C@H]2O)O[C@H](CO)[C@H]1O. The third-order valence-electron chi connectivity index (χ3n) is 20.4.